The number of thiol groups is 1. The Kier molecular flexibility index (Phi) is 4.59. The van der Waals surface area contributed by atoms with Gasteiger partial charge in [-0.1, -0.05) is 0 Å². The van der Waals surface area contributed by atoms with Crippen LogP contribution in [0.1, 0.15) is 13.8 Å². The van der Waals surface area contributed by atoms with Gasteiger partial charge in [-0.3, -0.25) is 4.79 Å². The molecule has 4 nitrogen and oxygen atoms in total. The first-order valence-corrected chi connectivity index (χ1v) is 4.30. The first kappa shape index (κ1) is 11.7. The molecular formula is C7H17N3OS. The van der Waals surface area contributed by atoms with Crippen LogP contribution in [0, 0.1) is 0 Å². The van der Waals surface area contributed by atoms with Gasteiger partial charge in [0.25, 0.3) is 0 Å². The Hall–Kier alpha value is -0.260. The van der Waals surface area contributed by atoms with Crippen LogP contribution < -0.4 is 16.8 Å². The quantitative estimate of drug-likeness (QED) is 0.435. The van der Waals surface area contributed by atoms with E-state index in [1.54, 1.807) is 13.8 Å². The molecule has 0 saturated heterocycles. The van der Waals surface area contributed by atoms with Crippen molar-refractivity contribution < 1.29 is 4.79 Å². The van der Waals surface area contributed by atoms with E-state index in [4.69, 9.17) is 11.5 Å². The Morgan fingerprint density at radius 2 is 2.17 bits per heavy atom. The molecule has 0 heterocycles. The highest BCUT2D eigenvalue weighted by Crippen LogP contribution is 2.15. The zero-order valence-corrected chi connectivity index (χ0v) is 8.40. The molecule has 1 unspecified atom stereocenters. The second-order valence-corrected chi connectivity index (χ2v) is 4.36. The molecule has 1 amide bonds. The van der Waals surface area contributed by atoms with Crippen LogP contribution in [-0.4, -0.2) is 29.8 Å². The molecule has 0 radical (unpaired) electrons. The van der Waals surface area contributed by atoms with Gasteiger partial charge in [-0.2, -0.15) is 12.6 Å². The summed E-state index contributed by atoms with van der Waals surface area (Å²) >= 11 is 4.19. The fourth-order valence-corrected chi connectivity index (χ4v) is 0.743. The van der Waals surface area contributed by atoms with Gasteiger partial charge in [0.1, 0.15) is 0 Å². The average molecular weight is 191 g/mol. The molecule has 0 aliphatic heterocycles. The minimum absolute atomic E-state index is 0.208. The number of carbonyl (C=O) groups is 1. The Morgan fingerprint density at radius 3 is 2.50 bits per heavy atom. The molecule has 5 heteroatoms. The molecule has 0 rings (SSSR count). The zero-order valence-electron chi connectivity index (χ0n) is 7.50. The highest BCUT2D eigenvalue weighted by molar-refractivity contribution is 7.81. The SMILES string of the molecule is CC(C)(S)C(N)C(=O)NCCN. The van der Waals surface area contributed by atoms with E-state index < -0.39 is 10.8 Å². The molecule has 0 aromatic carbocycles. The maximum absolute atomic E-state index is 11.2. The van der Waals surface area contributed by atoms with E-state index in [9.17, 15) is 4.79 Å². The van der Waals surface area contributed by atoms with Gasteiger partial charge in [0.2, 0.25) is 5.91 Å². The third-order valence-corrected chi connectivity index (χ3v) is 1.77. The second-order valence-electron chi connectivity index (χ2n) is 3.21. The lowest BCUT2D eigenvalue weighted by Gasteiger charge is -2.24. The van der Waals surface area contributed by atoms with Crippen LogP contribution in [0.3, 0.4) is 0 Å². The smallest absolute Gasteiger partial charge is 0.238 e. The van der Waals surface area contributed by atoms with Crippen LogP contribution in [0.5, 0.6) is 0 Å². The molecule has 72 valence electrons. The number of hydrogen-bond donors (Lipinski definition) is 4. The van der Waals surface area contributed by atoms with E-state index in [1.165, 1.54) is 0 Å². The Bertz CT molecular complexity index is 155. The van der Waals surface area contributed by atoms with Crippen LogP contribution in [0.4, 0.5) is 0 Å². The second kappa shape index (κ2) is 4.69. The summed E-state index contributed by atoms with van der Waals surface area (Å²) in [6.45, 7) is 4.47. The fourth-order valence-electron chi connectivity index (χ4n) is 0.626. The van der Waals surface area contributed by atoms with Gasteiger partial charge in [0.05, 0.1) is 6.04 Å². The highest BCUT2D eigenvalue weighted by Gasteiger charge is 2.27. The number of rotatable bonds is 4. The van der Waals surface area contributed by atoms with Crippen LogP contribution >= 0.6 is 12.6 Å². The molecule has 0 saturated carbocycles. The van der Waals surface area contributed by atoms with E-state index in [-0.39, 0.29) is 5.91 Å². The Labute approximate surface area is 78.5 Å². The lowest BCUT2D eigenvalue weighted by atomic mass is 10.0. The average Bonchev–Trinajstić information content (AvgIpc) is 1.97. The molecule has 0 fully saturated rings. The molecule has 0 aromatic heterocycles. The highest BCUT2D eigenvalue weighted by atomic mass is 32.1. The third-order valence-electron chi connectivity index (χ3n) is 1.49. The maximum atomic E-state index is 11.2. The Balaban J connectivity index is 3.94. The first-order chi connectivity index (χ1) is 5.39. The molecule has 0 aromatic rings. The number of hydrogen-bond acceptors (Lipinski definition) is 4. The molecule has 0 bridgehead atoms. The summed E-state index contributed by atoms with van der Waals surface area (Å²) in [5.74, 6) is -0.208. The topological polar surface area (TPSA) is 81.1 Å². The van der Waals surface area contributed by atoms with E-state index in [2.05, 4.69) is 17.9 Å². The normalized spacial score (nSPS) is 14.1. The van der Waals surface area contributed by atoms with Gasteiger partial charge in [0, 0.05) is 17.8 Å². The van der Waals surface area contributed by atoms with Gasteiger partial charge in [-0.15, -0.1) is 0 Å². The van der Waals surface area contributed by atoms with Crippen LogP contribution in [0.25, 0.3) is 0 Å². The van der Waals surface area contributed by atoms with E-state index in [1.807, 2.05) is 0 Å². The summed E-state index contributed by atoms with van der Waals surface area (Å²) in [5.41, 5.74) is 10.8. The van der Waals surface area contributed by atoms with Crippen molar-refractivity contribution >= 4 is 18.5 Å². The van der Waals surface area contributed by atoms with E-state index >= 15 is 0 Å². The summed E-state index contributed by atoms with van der Waals surface area (Å²) in [6, 6.07) is -0.604. The van der Waals surface area contributed by atoms with Crippen molar-refractivity contribution in [3.8, 4) is 0 Å². The van der Waals surface area contributed by atoms with E-state index in [0.717, 1.165) is 0 Å². The molecular weight excluding hydrogens is 174 g/mol. The molecule has 1 atom stereocenters. The molecule has 12 heavy (non-hydrogen) atoms. The summed E-state index contributed by atoms with van der Waals surface area (Å²) in [7, 11) is 0. The van der Waals surface area contributed by atoms with Crippen molar-refractivity contribution in [1.82, 2.24) is 5.32 Å². The number of amides is 1. The standard InChI is InChI=1S/C7H17N3OS/c1-7(2,12)5(9)6(11)10-4-3-8/h5,12H,3-4,8-9H2,1-2H3,(H,10,11). The summed E-state index contributed by atoms with van der Waals surface area (Å²) in [5, 5.41) is 2.60. The van der Waals surface area contributed by atoms with Crippen molar-refractivity contribution in [3.05, 3.63) is 0 Å². The number of carbonyl (C=O) groups excluding carboxylic acids is 1. The van der Waals surface area contributed by atoms with Gasteiger partial charge in [-0.25, -0.2) is 0 Å². The van der Waals surface area contributed by atoms with Crippen molar-refractivity contribution in [2.24, 2.45) is 11.5 Å². The predicted molar refractivity (Wildman–Crippen MR) is 53.1 cm³/mol. The minimum atomic E-state index is -0.604. The van der Waals surface area contributed by atoms with Crippen LogP contribution in [0.2, 0.25) is 0 Å². The summed E-state index contributed by atoms with van der Waals surface area (Å²) < 4.78 is -0.501. The monoisotopic (exact) mass is 191 g/mol. The van der Waals surface area contributed by atoms with Gasteiger partial charge in [0.15, 0.2) is 0 Å². The lowest BCUT2D eigenvalue weighted by Crippen LogP contribution is -2.51. The number of nitrogens with two attached hydrogens (primary N) is 2. The van der Waals surface area contributed by atoms with Crippen molar-refractivity contribution in [1.29, 1.82) is 0 Å². The molecule has 0 spiro atoms. The predicted octanol–water partition coefficient (Wildman–Crippen LogP) is -0.903. The van der Waals surface area contributed by atoms with Crippen LogP contribution in [-0.2, 0) is 4.79 Å². The molecule has 0 aliphatic carbocycles. The Morgan fingerprint density at radius 1 is 1.67 bits per heavy atom. The van der Waals surface area contributed by atoms with Gasteiger partial charge in [-0.05, 0) is 13.8 Å². The first-order valence-electron chi connectivity index (χ1n) is 3.85. The molecule has 5 N–H and O–H groups in total. The van der Waals surface area contributed by atoms with Gasteiger partial charge < -0.3 is 16.8 Å². The van der Waals surface area contributed by atoms with Crippen molar-refractivity contribution in [2.75, 3.05) is 13.1 Å². The third kappa shape index (κ3) is 3.94. The maximum Gasteiger partial charge on any atom is 0.238 e. The zero-order chi connectivity index (χ0) is 9.78. The minimum Gasteiger partial charge on any atom is -0.353 e. The summed E-state index contributed by atoms with van der Waals surface area (Å²) in [6.07, 6.45) is 0. The van der Waals surface area contributed by atoms with Crippen LogP contribution in [0.15, 0.2) is 0 Å². The van der Waals surface area contributed by atoms with Gasteiger partial charge >= 0.3 is 0 Å². The fraction of sp³-hybridized carbons (Fsp3) is 0.857. The lowest BCUT2D eigenvalue weighted by molar-refractivity contribution is -0.122. The summed E-state index contributed by atoms with van der Waals surface area (Å²) in [4.78, 5) is 11.2. The van der Waals surface area contributed by atoms with Crippen molar-refractivity contribution in [3.63, 3.8) is 0 Å². The van der Waals surface area contributed by atoms with E-state index in [0.29, 0.717) is 13.1 Å². The number of nitrogens with one attached hydrogen (secondary N) is 1. The molecule has 0 aliphatic rings. The largest absolute Gasteiger partial charge is 0.353 e. The van der Waals surface area contributed by atoms with Crippen molar-refractivity contribution in [2.45, 2.75) is 24.6 Å².